The summed E-state index contributed by atoms with van der Waals surface area (Å²) in [4.78, 5) is 17.8. The molecule has 0 bridgehead atoms. The van der Waals surface area contributed by atoms with E-state index >= 15 is 0 Å². The Labute approximate surface area is 177 Å². The SMILES string of the molecule is CN=C(NCCCCN1CCC(C(N)=O)CC1)NCc1cc(C)ccc1OC(F)F. The van der Waals surface area contributed by atoms with Gasteiger partial charge in [0.15, 0.2) is 5.96 Å². The van der Waals surface area contributed by atoms with Gasteiger partial charge in [-0.25, -0.2) is 0 Å². The lowest BCUT2D eigenvalue weighted by atomic mass is 9.96. The largest absolute Gasteiger partial charge is 0.434 e. The van der Waals surface area contributed by atoms with E-state index in [2.05, 4.69) is 25.3 Å². The summed E-state index contributed by atoms with van der Waals surface area (Å²) in [5.41, 5.74) is 6.99. The van der Waals surface area contributed by atoms with E-state index < -0.39 is 6.61 Å². The molecule has 1 amide bonds. The van der Waals surface area contributed by atoms with E-state index in [1.54, 1.807) is 19.2 Å². The minimum atomic E-state index is -2.86. The molecule has 7 nitrogen and oxygen atoms in total. The number of halogens is 2. The summed E-state index contributed by atoms with van der Waals surface area (Å²) in [6, 6.07) is 5.12. The fourth-order valence-corrected chi connectivity index (χ4v) is 3.57. The molecule has 1 heterocycles. The summed E-state index contributed by atoms with van der Waals surface area (Å²) in [7, 11) is 1.67. The molecule has 1 aliphatic rings. The quantitative estimate of drug-likeness (QED) is 0.304. The zero-order valence-corrected chi connectivity index (χ0v) is 17.8. The molecule has 1 aromatic carbocycles. The number of carbonyl (C=O) groups is 1. The molecule has 1 aliphatic heterocycles. The van der Waals surface area contributed by atoms with Crippen molar-refractivity contribution in [1.82, 2.24) is 15.5 Å². The molecule has 0 saturated carbocycles. The summed E-state index contributed by atoms with van der Waals surface area (Å²) < 4.78 is 29.8. The maximum atomic E-state index is 12.6. The predicted molar refractivity (Wildman–Crippen MR) is 114 cm³/mol. The first-order valence-electron chi connectivity index (χ1n) is 10.4. The van der Waals surface area contributed by atoms with Gasteiger partial charge in [-0.1, -0.05) is 17.7 Å². The molecule has 1 aromatic rings. The topological polar surface area (TPSA) is 92.0 Å². The Bertz CT molecular complexity index is 707. The van der Waals surface area contributed by atoms with Gasteiger partial charge in [0.2, 0.25) is 5.91 Å². The second-order valence-corrected chi connectivity index (χ2v) is 7.57. The number of amides is 1. The van der Waals surface area contributed by atoms with Crippen LogP contribution in [0.15, 0.2) is 23.2 Å². The van der Waals surface area contributed by atoms with Crippen molar-refractivity contribution in [1.29, 1.82) is 0 Å². The fourth-order valence-electron chi connectivity index (χ4n) is 3.57. The Hall–Kier alpha value is -2.42. The first kappa shape index (κ1) is 23.9. The molecule has 30 heavy (non-hydrogen) atoms. The number of benzene rings is 1. The number of alkyl halides is 2. The second-order valence-electron chi connectivity index (χ2n) is 7.57. The maximum absolute atomic E-state index is 12.6. The van der Waals surface area contributed by atoms with Gasteiger partial charge in [0, 0.05) is 31.6 Å². The molecular weight excluding hydrogens is 392 g/mol. The van der Waals surface area contributed by atoms with E-state index in [0.29, 0.717) is 18.1 Å². The average molecular weight is 426 g/mol. The highest BCUT2D eigenvalue weighted by Gasteiger charge is 2.22. The number of rotatable bonds is 10. The number of aliphatic imine (C=N–C) groups is 1. The molecule has 1 fully saturated rings. The van der Waals surface area contributed by atoms with Crippen LogP contribution in [-0.2, 0) is 11.3 Å². The minimum Gasteiger partial charge on any atom is -0.434 e. The van der Waals surface area contributed by atoms with Gasteiger partial charge < -0.3 is 26.0 Å². The number of primary amides is 1. The number of hydrogen-bond acceptors (Lipinski definition) is 4. The second kappa shape index (κ2) is 12.3. The molecule has 0 atom stereocenters. The summed E-state index contributed by atoms with van der Waals surface area (Å²) >= 11 is 0. The van der Waals surface area contributed by atoms with Crippen LogP contribution in [0.1, 0.15) is 36.8 Å². The molecule has 0 spiro atoms. The molecule has 168 valence electrons. The van der Waals surface area contributed by atoms with E-state index in [-0.39, 0.29) is 17.6 Å². The number of likely N-dealkylation sites (tertiary alicyclic amines) is 1. The minimum absolute atomic E-state index is 0.0253. The fraction of sp³-hybridized carbons (Fsp3) is 0.619. The Morgan fingerprint density at radius 2 is 2.03 bits per heavy atom. The number of unbranched alkanes of at least 4 members (excludes halogenated alkanes) is 1. The van der Waals surface area contributed by atoms with Crippen LogP contribution in [0.3, 0.4) is 0 Å². The Morgan fingerprint density at radius 3 is 2.67 bits per heavy atom. The van der Waals surface area contributed by atoms with E-state index in [1.165, 1.54) is 0 Å². The number of carbonyl (C=O) groups excluding carboxylic acids is 1. The lowest BCUT2D eigenvalue weighted by Crippen LogP contribution is -2.39. The zero-order valence-electron chi connectivity index (χ0n) is 17.8. The van der Waals surface area contributed by atoms with E-state index in [9.17, 15) is 13.6 Å². The smallest absolute Gasteiger partial charge is 0.387 e. The van der Waals surface area contributed by atoms with Gasteiger partial charge in [-0.15, -0.1) is 0 Å². The monoisotopic (exact) mass is 425 g/mol. The summed E-state index contributed by atoms with van der Waals surface area (Å²) in [6.45, 7) is 2.97. The van der Waals surface area contributed by atoms with Crippen molar-refractivity contribution in [3.05, 3.63) is 29.3 Å². The Morgan fingerprint density at radius 1 is 1.30 bits per heavy atom. The number of ether oxygens (including phenoxy) is 1. The molecular formula is C21H33F2N5O2. The van der Waals surface area contributed by atoms with Crippen LogP contribution in [-0.4, -0.2) is 56.6 Å². The standard InChI is InChI=1S/C21H33F2N5O2/c1-15-5-6-18(30-20(22)23)17(13-15)14-27-21(25-2)26-9-3-4-10-28-11-7-16(8-12-28)19(24)29/h5-6,13,16,20H,3-4,7-12,14H2,1-2H3,(H2,24,29)(H2,25,26,27). The van der Waals surface area contributed by atoms with Crippen LogP contribution in [0.4, 0.5) is 8.78 Å². The lowest BCUT2D eigenvalue weighted by Gasteiger charge is -2.30. The molecule has 0 radical (unpaired) electrons. The van der Waals surface area contributed by atoms with Gasteiger partial charge >= 0.3 is 6.61 Å². The highest BCUT2D eigenvalue weighted by Crippen LogP contribution is 2.22. The molecule has 0 unspecified atom stereocenters. The van der Waals surface area contributed by atoms with E-state index in [1.807, 2.05) is 13.0 Å². The highest BCUT2D eigenvalue weighted by molar-refractivity contribution is 5.79. The molecule has 0 aromatic heterocycles. The van der Waals surface area contributed by atoms with Crippen LogP contribution >= 0.6 is 0 Å². The predicted octanol–water partition coefficient (Wildman–Crippen LogP) is 2.24. The molecule has 0 aliphatic carbocycles. The Balaban J connectivity index is 1.67. The van der Waals surface area contributed by atoms with Crippen LogP contribution in [0.2, 0.25) is 0 Å². The lowest BCUT2D eigenvalue weighted by molar-refractivity contribution is -0.123. The molecule has 2 rings (SSSR count). The molecule has 1 saturated heterocycles. The maximum Gasteiger partial charge on any atom is 0.387 e. The van der Waals surface area contributed by atoms with Crippen molar-refractivity contribution < 1.29 is 18.3 Å². The van der Waals surface area contributed by atoms with Gasteiger partial charge in [0.25, 0.3) is 0 Å². The van der Waals surface area contributed by atoms with Crippen molar-refractivity contribution >= 4 is 11.9 Å². The van der Waals surface area contributed by atoms with Crippen LogP contribution in [0, 0.1) is 12.8 Å². The summed E-state index contributed by atoms with van der Waals surface area (Å²) in [5.74, 6) is 0.619. The third-order valence-electron chi connectivity index (χ3n) is 5.29. The van der Waals surface area contributed by atoms with Crippen molar-refractivity contribution in [2.45, 2.75) is 45.8 Å². The number of nitrogens with one attached hydrogen (secondary N) is 2. The number of nitrogens with zero attached hydrogens (tertiary/aromatic N) is 2. The van der Waals surface area contributed by atoms with Gasteiger partial charge in [0.1, 0.15) is 5.75 Å². The van der Waals surface area contributed by atoms with E-state index in [0.717, 1.165) is 57.4 Å². The van der Waals surface area contributed by atoms with Gasteiger partial charge in [-0.05, 0) is 58.3 Å². The van der Waals surface area contributed by atoms with Gasteiger partial charge in [-0.3, -0.25) is 9.79 Å². The zero-order chi connectivity index (χ0) is 21.9. The Kier molecular flexibility index (Phi) is 9.79. The number of nitrogens with two attached hydrogens (primary N) is 1. The average Bonchev–Trinajstić information content (AvgIpc) is 2.71. The normalized spacial score (nSPS) is 16.0. The van der Waals surface area contributed by atoms with Crippen molar-refractivity contribution in [2.75, 3.05) is 33.2 Å². The summed E-state index contributed by atoms with van der Waals surface area (Å²) in [6.07, 6.45) is 3.71. The first-order chi connectivity index (χ1) is 14.4. The molecule has 9 heteroatoms. The van der Waals surface area contributed by atoms with E-state index in [4.69, 9.17) is 5.73 Å². The van der Waals surface area contributed by atoms with Crippen LogP contribution in [0.5, 0.6) is 5.75 Å². The third kappa shape index (κ3) is 8.14. The van der Waals surface area contributed by atoms with Crippen molar-refractivity contribution in [3.8, 4) is 5.75 Å². The van der Waals surface area contributed by atoms with Crippen LogP contribution < -0.4 is 21.1 Å². The number of piperidine rings is 1. The van der Waals surface area contributed by atoms with Crippen LogP contribution in [0.25, 0.3) is 0 Å². The number of aryl methyl sites for hydroxylation is 1. The van der Waals surface area contributed by atoms with Crippen molar-refractivity contribution in [3.63, 3.8) is 0 Å². The number of guanidine groups is 1. The van der Waals surface area contributed by atoms with Gasteiger partial charge in [-0.2, -0.15) is 8.78 Å². The first-order valence-corrected chi connectivity index (χ1v) is 10.4. The highest BCUT2D eigenvalue weighted by atomic mass is 19.3. The van der Waals surface area contributed by atoms with Gasteiger partial charge in [0.05, 0.1) is 0 Å². The molecule has 4 N–H and O–H groups in total. The summed E-state index contributed by atoms with van der Waals surface area (Å²) in [5, 5.41) is 6.39. The number of hydrogen-bond donors (Lipinski definition) is 3. The van der Waals surface area contributed by atoms with Crippen molar-refractivity contribution in [2.24, 2.45) is 16.6 Å². The third-order valence-corrected chi connectivity index (χ3v) is 5.29.